The first-order valence-corrected chi connectivity index (χ1v) is 10.0. The van der Waals surface area contributed by atoms with Gasteiger partial charge in [0.15, 0.2) is 0 Å². The first kappa shape index (κ1) is 19.6. The van der Waals surface area contributed by atoms with Crippen LogP contribution < -0.4 is 10.6 Å². The highest BCUT2D eigenvalue weighted by atomic mass is 16.4. The average molecular weight is 374 g/mol. The van der Waals surface area contributed by atoms with Crippen molar-refractivity contribution < 1.29 is 14.7 Å². The van der Waals surface area contributed by atoms with Gasteiger partial charge < -0.3 is 15.7 Å². The molecule has 7 nitrogen and oxygen atoms in total. The molecule has 1 saturated heterocycles. The number of carbonyl (C=O) groups is 2. The number of amides is 1. The molecule has 0 aromatic carbocycles. The number of hydrogen-bond donors (Lipinski definition) is 3. The molecule has 0 bridgehead atoms. The third-order valence-corrected chi connectivity index (χ3v) is 5.67. The summed E-state index contributed by atoms with van der Waals surface area (Å²) >= 11 is 0. The van der Waals surface area contributed by atoms with Gasteiger partial charge in [-0.05, 0) is 70.2 Å². The number of pyridine rings is 1. The molecule has 0 radical (unpaired) electrons. The number of fused-ring (bicyclic) bond motifs is 1. The van der Waals surface area contributed by atoms with Crippen molar-refractivity contribution in [3.05, 3.63) is 23.4 Å². The quantitative estimate of drug-likeness (QED) is 0.629. The SMILES string of the molecule is C[C@@H](C(=O)O)N1CCC(C(=O)NCCCc2ccc3c(n2)NCCC3)CC1. The van der Waals surface area contributed by atoms with E-state index in [9.17, 15) is 9.59 Å². The summed E-state index contributed by atoms with van der Waals surface area (Å²) in [6, 6.07) is 3.77. The molecular weight excluding hydrogens is 344 g/mol. The maximum Gasteiger partial charge on any atom is 0.320 e. The van der Waals surface area contributed by atoms with Gasteiger partial charge in [0.25, 0.3) is 0 Å². The van der Waals surface area contributed by atoms with E-state index in [0.29, 0.717) is 19.6 Å². The van der Waals surface area contributed by atoms with Crippen molar-refractivity contribution >= 4 is 17.7 Å². The van der Waals surface area contributed by atoms with Crippen LogP contribution in [0.15, 0.2) is 12.1 Å². The van der Waals surface area contributed by atoms with Crippen molar-refractivity contribution in [3.63, 3.8) is 0 Å². The molecule has 1 amide bonds. The van der Waals surface area contributed by atoms with Crippen molar-refractivity contribution in [1.29, 1.82) is 0 Å². The van der Waals surface area contributed by atoms with Crippen molar-refractivity contribution in [2.75, 3.05) is 31.5 Å². The molecule has 1 atom stereocenters. The average Bonchev–Trinajstić information content (AvgIpc) is 2.70. The highest BCUT2D eigenvalue weighted by molar-refractivity contribution is 5.78. The number of nitrogens with one attached hydrogen (secondary N) is 2. The van der Waals surface area contributed by atoms with Crippen molar-refractivity contribution in [2.24, 2.45) is 5.92 Å². The molecule has 0 unspecified atom stereocenters. The van der Waals surface area contributed by atoms with Crippen LogP contribution in [-0.4, -0.2) is 59.1 Å². The normalized spacial score (nSPS) is 19.0. The molecule has 0 saturated carbocycles. The summed E-state index contributed by atoms with van der Waals surface area (Å²) in [5.41, 5.74) is 2.36. The zero-order chi connectivity index (χ0) is 19.2. The number of nitrogens with zero attached hydrogens (tertiary/aromatic N) is 2. The number of rotatable bonds is 7. The summed E-state index contributed by atoms with van der Waals surface area (Å²) in [4.78, 5) is 30.0. The molecule has 0 aliphatic carbocycles. The number of likely N-dealkylation sites (tertiary alicyclic amines) is 1. The zero-order valence-corrected chi connectivity index (χ0v) is 16.0. The van der Waals surface area contributed by atoms with Gasteiger partial charge in [-0.1, -0.05) is 6.07 Å². The fourth-order valence-electron chi connectivity index (χ4n) is 3.84. The van der Waals surface area contributed by atoms with Crippen LogP contribution in [0.2, 0.25) is 0 Å². The van der Waals surface area contributed by atoms with E-state index in [2.05, 4.69) is 27.8 Å². The second kappa shape index (κ2) is 9.17. The van der Waals surface area contributed by atoms with Gasteiger partial charge in [-0.15, -0.1) is 0 Å². The summed E-state index contributed by atoms with van der Waals surface area (Å²) in [6.45, 7) is 4.67. The maximum absolute atomic E-state index is 12.3. The number of aliphatic carboxylic acids is 1. The van der Waals surface area contributed by atoms with Crippen LogP contribution in [-0.2, 0) is 22.4 Å². The molecule has 27 heavy (non-hydrogen) atoms. The molecule has 3 N–H and O–H groups in total. The van der Waals surface area contributed by atoms with Crippen LogP contribution in [0, 0.1) is 5.92 Å². The van der Waals surface area contributed by atoms with E-state index in [0.717, 1.165) is 56.6 Å². The number of aromatic nitrogens is 1. The third-order valence-electron chi connectivity index (χ3n) is 5.67. The number of carboxylic acids is 1. The summed E-state index contributed by atoms with van der Waals surface area (Å²) in [5.74, 6) is 0.306. The van der Waals surface area contributed by atoms with E-state index in [4.69, 9.17) is 5.11 Å². The number of carbonyl (C=O) groups excluding carboxylic acids is 1. The molecule has 0 spiro atoms. The first-order chi connectivity index (χ1) is 13.0. The smallest absolute Gasteiger partial charge is 0.320 e. The molecule has 2 aliphatic rings. The molecule has 148 valence electrons. The largest absolute Gasteiger partial charge is 0.480 e. The lowest BCUT2D eigenvalue weighted by atomic mass is 9.95. The highest BCUT2D eigenvalue weighted by Crippen LogP contribution is 2.21. The molecule has 3 rings (SSSR count). The summed E-state index contributed by atoms with van der Waals surface area (Å²) < 4.78 is 0. The molecule has 1 fully saturated rings. The van der Waals surface area contributed by atoms with Gasteiger partial charge in [0.05, 0.1) is 0 Å². The maximum atomic E-state index is 12.3. The molecule has 3 heterocycles. The molecule has 7 heteroatoms. The van der Waals surface area contributed by atoms with E-state index in [1.807, 2.05) is 4.90 Å². The summed E-state index contributed by atoms with van der Waals surface area (Å²) in [7, 11) is 0. The van der Waals surface area contributed by atoms with Gasteiger partial charge in [-0.25, -0.2) is 4.98 Å². The number of carboxylic acid groups (broad SMARTS) is 1. The molecule has 2 aliphatic heterocycles. The zero-order valence-electron chi connectivity index (χ0n) is 16.0. The second-order valence-electron chi connectivity index (χ2n) is 7.56. The highest BCUT2D eigenvalue weighted by Gasteiger charge is 2.29. The lowest BCUT2D eigenvalue weighted by Crippen LogP contribution is -2.46. The van der Waals surface area contributed by atoms with Crippen LogP contribution in [0.5, 0.6) is 0 Å². The minimum Gasteiger partial charge on any atom is -0.480 e. The Hall–Kier alpha value is -2.15. The van der Waals surface area contributed by atoms with Crippen LogP contribution in [0.25, 0.3) is 0 Å². The first-order valence-electron chi connectivity index (χ1n) is 10.0. The van der Waals surface area contributed by atoms with Gasteiger partial charge in [0.2, 0.25) is 5.91 Å². The molecule has 1 aromatic rings. The predicted octanol–water partition coefficient (Wildman–Crippen LogP) is 1.67. The van der Waals surface area contributed by atoms with E-state index >= 15 is 0 Å². The molecular formula is C20H30N4O3. The van der Waals surface area contributed by atoms with Crippen molar-refractivity contribution in [3.8, 4) is 0 Å². The monoisotopic (exact) mass is 374 g/mol. The van der Waals surface area contributed by atoms with Gasteiger partial charge in [-0.3, -0.25) is 14.5 Å². The number of anilines is 1. The lowest BCUT2D eigenvalue weighted by molar-refractivity contribution is -0.143. The number of piperidine rings is 1. The summed E-state index contributed by atoms with van der Waals surface area (Å²) in [5, 5.41) is 15.5. The fourth-order valence-corrected chi connectivity index (χ4v) is 3.84. The van der Waals surface area contributed by atoms with Gasteiger partial charge in [-0.2, -0.15) is 0 Å². The van der Waals surface area contributed by atoms with Crippen LogP contribution in [0.1, 0.15) is 43.9 Å². The van der Waals surface area contributed by atoms with E-state index < -0.39 is 12.0 Å². The predicted molar refractivity (Wildman–Crippen MR) is 104 cm³/mol. The van der Waals surface area contributed by atoms with E-state index in [1.165, 1.54) is 5.56 Å². The Morgan fingerprint density at radius 1 is 1.37 bits per heavy atom. The van der Waals surface area contributed by atoms with Crippen LogP contribution in [0.3, 0.4) is 0 Å². The Kier molecular flexibility index (Phi) is 6.66. The van der Waals surface area contributed by atoms with Crippen LogP contribution >= 0.6 is 0 Å². The third kappa shape index (κ3) is 5.19. The van der Waals surface area contributed by atoms with Gasteiger partial charge in [0.1, 0.15) is 11.9 Å². The Morgan fingerprint density at radius 2 is 2.15 bits per heavy atom. The van der Waals surface area contributed by atoms with Crippen LogP contribution in [0.4, 0.5) is 5.82 Å². The topological polar surface area (TPSA) is 94.6 Å². The lowest BCUT2D eigenvalue weighted by Gasteiger charge is -2.33. The molecule has 1 aromatic heterocycles. The van der Waals surface area contributed by atoms with E-state index in [-0.39, 0.29) is 11.8 Å². The van der Waals surface area contributed by atoms with Gasteiger partial charge >= 0.3 is 5.97 Å². The Morgan fingerprint density at radius 3 is 2.89 bits per heavy atom. The minimum atomic E-state index is -0.802. The number of hydrogen-bond acceptors (Lipinski definition) is 5. The van der Waals surface area contributed by atoms with Gasteiger partial charge in [0, 0.05) is 24.7 Å². The van der Waals surface area contributed by atoms with Crippen molar-refractivity contribution in [2.45, 2.75) is 51.5 Å². The Bertz CT molecular complexity index is 671. The number of aryl methyl sites for hydroxylation is 2. The minimum absolute atomic E-state index is 0.00619. The fraction of sp³-hybridized carbons (Fsp3) is 0.650. The second-order valence-corrected chi connectivity index (χ2v) is 7.56. The Labute approximate surface area is 160 Å². The Balaban J connectivity index is 1.36. The standard InChI is InChI=1S/C20H30N4O3/c1-14(20(26)27)24-12-8-16(9-13-24)19(25)22-11-3-5-17-7-6-15-4-2-10-21-18(15)23-17/h6-7,14,16H,2-5,8-13H2,1H3,(H,21,23)(H,22,25)(H,26,27)/t14-/m0/s1. The summed E-state index contributed by atoms with van der Waals surface area (Å²) in [6.07, 6.45) is 5.42. The van der Waals surface area contributed by atoms with Crippen molar-refractivity contribution in [1.82, 2.24) is 15.2 Å². The van der Waals surface area contributed by atoms with E-state index in [1.54, 1.807) is 6.92 Å².